The van der Waals surface area contributed by atoms with Gasteiger partial charge in [0.15, 0.2) is 1.41 Å². The van der Waals surface area contributed by atoms with Gasteiger partial charge in [-0.1, -0.05) is 0 Å². The molecule has 1 aliphatic heterocycles. The molecule has 0 aromatic heterocycles. The van der Waals surface area contributed by atoms with Crippen molar-refractivity contribution in [1.82, 2.24) is 5.31 Å². The summed E-state index contributed by atoms with van der Waals surface area (Å²) in [6.07, 6.45) is -0.641. The van der Waals surface area contributed by atoms with Gasteiger partial charge in [-0.25, -0.2) is 0 Å². The molecule has 5 heavy (non-hydrogen) atoms. The average Bonchev–Trinajstić information content (AvgIpc) is 1.68. The zero-order chi connectivity index (χ0) is 5.44. The van der Waals surface area contributed by atoms with Gasteiger partial charge in [-0.05, 0) is 0 Å². The Morgan fingerprint density at radius 1 is 2.40 bits per heavy atom. The Morgan fingerprint density at radius 2 is 3.20 bits per heavy atom. The van der Waals surface area contributed by atoms with Crippen LogP contribution in [0.1, 0.15) is 7.77 Å². The minimum absolute atomic E-state index is 0.277. The van der Waals surface area contributed by atoms with Crippen LogP contribution in [0.4, 0.5) is 0 Å². The van der Waals surface area contributed by atoms with Crippen LogP contribution < -0.4 is 5.31 Å². The molecule has 28 valence electrons. The van der Waals surface area contributed by atoms with Crippen molar-refractivity contribution in [2.24, 2.45) is 0 Å². The minimum atomic E-state index is -0.641. The lowest BCUT2D eigenvalue weighted by Gasteiger charge is -2.10. The van der Waals surface area contributed by atoms with Gasteiger partial charge in [0.2, 0.25) is 5.91 Å². The van der Waals surface area contributed by atoms with Gasteiger partial charge < -0.3 is 5.31 Å². The minimum Gasteiger partial charge on any atom is -0.356 e. The van der Waals surface area contributed by atoms with Crippen molar-refractivity contribution in [2.45, 2.75) is 6.40 Å². The Kier molecular flexibility index (Phi) is 0.182. The summed E-state index contributed by atoms with van der Waals surface area (Å²) >= 11 is 0. The molecule has 0 aromatic rings. The molecule has 1 fully saturated rings. The summed E-state index contributed by atoms with van der Waals surface area (Å²) in [6.45, 7) is 0.277. The molecule has 1 aliphatic rings. The molecule has 1 heterocycles. The van der Waals surface area contributed by atoms with Gasteiger partial charge in [-0.2, -0.15) is 0 Å². The molecule has 0 aromatic carbocycles. The first-order chi connectivity index (χ1) is 3.22. The second-order valence-corrected chi connectivity index (χ2v) is 0.883. The van der Waals surface area contributed by atoms with Crippen molar-refractivity contribution in [3.8, 4) is 0 Å². The number of nitrogens with one attached hydrogen (secondary N) is 1. The van der Waals surface area contributed by atoms with Crippen LogP contribution >= 0.6 is 0 Å². The van der Waals surface area contributed by atoms with E-state index in [1.54, 1.807) is 0 Å². The highest BCUT2D eigenvalue weighted by molar-refractivity contribution is 5.81. The van der Waals surface area contributed by atoms with Crippen molar-refractivity contribution < 1.29 is 7.58 Å². The van der Waals surface area contributed by atoms with Gasteiger partial charge in [0.1, 0.15) is 0 Å². The Labute approximate surface area is 33.0 Å². The van der Waals surface area contributed by atoms with E-state index in [4.69, 9.17) is 2.78 Å². The highest BCUT2D eigenvalue weighted by atomic mass is 16.2. The van der Waals surface area contributed by atoms with Crippen LogP contribution in [0.15, 0.2) is 0 Å². The lowest BCUT2D eigenvalue weighted by molar-refractivity contribution is -0.125. The molecule has 1 atom stereocenters. The number of carbonyl (C=O) groups excluding carboxylic acids is 1. The number of amides is 1. The molecule has 0 aliphatic carbocycles. The summed E-state index contributed by atoms with van der Waals surface area (Å²) in [5.41, 5.74) is 0. The van der Waals surface area contributed by atoms with Crippen LogP contribution in [0.5, 0.6) is 0 Å². The van der Waals surface area contributed by atoms with E-state index in [-0.39, 0.29) is 12.5 Å². The summed E-state index contributed by atoms with van der Waals surface area (Å²) in [5, 5.41) is 0.789. The fourth-order valence-corrected chi connectivity index (χ4v) is 0.166. The van der Waals surface area contributed by atoms with Crippen molar-refractivity contribution in [1.29, 1.82) is 0 Å². The molecule has 2 nitrogen and oxygen atoms in total. The van der Waals surface area contributed by atoms with E-state index in [0.29, 0.717) is 0 Å². The van der Waals surface area contributed by atoms with E-state index in [0.717, 1.165) is 5.31 Å². The lowest BCUT2D eigenvalue weighted by Crippen LogP contribution is -2.37. The molecular weight excluding hydrogens is 66.0 g/mol. The van der Waals surface area contributed by atoms with Crippen molar-refractivity contribution in [2.75, 3.05) is 6.54 Å². The monoisotopic (exact) mass is 73.0 g/mol. The molecule has 0 bridgehead atoms. The maximum atomic E-state index is 10.1. The van der Waals surface area contributed by atoms with Gasteiger partial charge in [-0.15, -0.1) is 0 Å². The molecule has 1 rings (SSSR count). The van der Waals surface area contributed by atoms with Gasteiger partial charge in [0, 0.05) is 14.3 Å². The highest BCUT2D eigenvalue weighted by Gasteiger charge is 2.07. The summed E-state index contributed by atoms with van der Waals surface area (Å²) in [7, 11) is 0. The highest BCUT2D eigenvalue weighted by Crippen LogP contribution is 1.85. The molecule has 1 unspecified atom stereocenters. The molecule has 0 radical (unpaired) electrons. The normalized spacial score (nSPS) is 42.8. The van der Waals surface area contributed by atoms with Crippen LogP contribution in [0.3, 0.4) is 0 Å². The van der Waals surface area contributed by atoms with E-state index in [1.165, 1.54) is 0 Å². The first-order valence-corrected chi connectivity index (χ1v) is 1.44. The van der Waals surface area contributed by atoms with Crippen LogP contribution in [-0.4, -0.2) is 12.5 Å². The zero-order valence-corrected chi connectivity index (χ0v) is 2.64. The summed E-state index contributed by atoms with van der Waals surface area (Å²) < 4.78 is 13.4. The Balaban J connectivity index is 2.44. The van der Waals surface area contributed by atoms with Crippen molar-refractivity contribution in [3.05, 3.63) is 0 Å². The summed E-state index contributed by atoms with van der Waals surface area (Å²) in [5.74, 6) is -0.389. The Bertz CT molecular complexity index is 95.1. The maximum absolute atomic E-state index is 10.1. The van der Waals surface area contributed by atoms with E-state index < -0.39 is 6.40 Å². The molecular formula is C3H5NO. The van der Waals surface area contributed by atoms with E-state index in [2.05, 4.69) is 0 Å². The summed E-state index contributed by atoms with van der Waals surface area (Å²) in [6, 6.07) is 0. The standard InChI is InChI=1S/C3H5NO/c5-3-1-2-4-3/h1-2H2,(H,4,5)/i1D/hD. The fourth-order valence-electron chi connectivity index (χ4n) is 0.166. The predicted molar refractivity (Wildman–Crippen MR) is 17.6 cm³/mol. The SMILES string of the molecule is [2H]C1CN([2H])C1=O. The Morgan fingerprint density at radius 3 is 3.20 bits per heavy atom. The number of β-lactam (4-membered cyclic amide) rings is 1. The number of carbonyl (C=O) groups is 1. The second kappa shape index (κ2) is 0.708. The van der Waals surface area contributed by atoms with Crippen LogP contribution in [-0.2, 0) is 4.79 Å². The van der Waals surface area contributed by atoms with Crippen molar-refractivity contribution in [3.63, 3.8) is 0 Å². The van der Waals surface area contributed by atoms with E-state index in [9.17, 15) is 4.79 Å². The smallest absolute Gasteiger partial charge is 0.221 e. The third-order valence-corrected chi connectivity index (χ3v) is 0.513. The summed E-state index contributed by atoms with van der Waals surface area (Å²) in [4.78, 5) is 10.1. The molecule has 1 N–H and O–H groups in total. The largest absolute Gasteiger partial charge is 0.356 e. The molecule has 1 amide bonds. The van der Waals surface area contributed by atoms with Crippen LogP contribution in [0.2, 0.25) is 1.41 Å². The van der Waals surface area contributed by atoms with Gasteiger partial charge in [-0.3, -0.25) is 4.79 Å². The average molecular weight is 73.1 g/mol. The zero-order valence-electron chi connectivity index (χ0n) is 4.64. The van der Waals surface area contributed by atoms with Crippen LogP contribution in [0.25, 0.3) is 0 Å². The fraction of sp³-hybridized carbons (Fsp3) is 0.667. The van der Waals surface area contributed by atoms with Gasteiger partial charge in [0.25, 0.3) is 0 Å². The number of hydrogen-bond acceptors (Lipinski definition) is 1. The second-order valence-electron chi connectivity index (χ2n) is 0.883. The maximum Gasteiger partial charge on any atom is 0.221 e. The van der Waals surface area contributed by atoms with Crippen molar-refractivity contribution >= 4 is 5.91 Å². The third-order valence-electron chi connectivity index (χ3n) is 0.513. The Hall–Kier alpha value is -0.530. The molecule has 2 heteroatoms. The van der Waals surface area contributed by atoms with Gasteiger partial charge in [0.05, 0.1) is 0 Å². The molecule has 1 saturated heterocycles. The van der Waals surface area contributed by atoms with Gasteiger partial charge >= 0.3 is 0 Å². The number of rotatable bonds is 0. The van der Waals surface area contributed by atoms with E-state index >= 15 is 0 Å². The predicted octanol–water partition coefficient (Wildman–Crippen LogP) is -0.494. The first kappa shape index (κ1) is 1.29. The third kappa shape index (κ3) is 0.251. The number of hydrogen-bond donors (Lipinski definition) is 1. The topological polar surface area (TPSA) is 29.1 Å². The quantitative estimate of drug-likeness (QED) is 0.385. The van der Waals surface area contributed by atoms with E-state index in [1.807, 2.05) is 0 Å². The molecule has 0 spiro atoms. The first-order valence-electron chi connectivity index (χ1n) is 2.47. The molecule has 0 saturated carbocycles. The van der Waals surface area contributed by atoms with Crippen LogP contribution in [0, 0.1) is 0 Å². The lowest BCUT2D eigenvalue weighted by atomic mass is 10.3.